The summed E-state index contributed by atoms with van der Waals surface area (Å²) in [6, 6.07) is 29.5. The zero-order valence-corrected chi connectivity index (χ0v) is 18.1. The molecule has 138 valence electrons. The normalized spacial score (nSPS) is 18.5. The highest BCUT2D eigenvalue weighted by Crippen LogP contribution is 2.42. The summed E-state index contributed by atoms with van der Waals surface area (Å²) in [6.45, 7) is 0. The number of ether oxygens (including phenoxy) is 1. The number of hydrogen-bond acceptors (Lipinski definition) is 2. The Hall–Kier alpha value is -2.14. The summed E-state index contributed by atoms with van der Waals surface area (Å²) in [5, 5.41) is 6.16. The Morgan fingerprint density at radius 3 is 2.36 bits per heavy atom. The minimum atomic E-state index is -0.222. The van der Waals surface area contributed by atoms with E-state index in [-0.39, 0.29) is 12.3 Å². The molecule has 0 saturated heterocycles. The van der Waals surface area contributed by atoms with Crippen molar-refractivity contribution in [3.05, 3.63) is 111 Å². The third-order valence-corrected chi connectivity index (χ3v) is 6.16. The van der Waals surface area contributed by atoms with Gasteiger partial charge in [-0.15, -0.1) is 0 Å². The number of rotatable bonds is 2. The van der Waals surface area contributed by atoms with Crippen molar-refractivity contribution in [1.29, 1.82) is 0 Å². The first kappa shape index (κ1) is 17.9. The molecule has 0 bridgehead atoms. The van der Waals surface area contributed by atoms with Crippen molar-refractivity contribution in [3.63, 3.8) is 0 Å². The first-order valence-corrected chi connectivity index (χ1v) is 10.7. The molecule has 28 heavy (non-hydrogen) atoms. The maximum absolute atomic E-state index is 6.42. The van der Waals surface area contributed by atoms with E-state index in [0.29, 0.717) is 0 Å². The van der Waals surface area contributed by atoms with E-state index in [9.17, 15) is 0 Å². The van der Waals surface area contributed by atoms with E-state index in [0.717, 1.165) is 20.3 Å². The largest absolute Gasteiger partial charge is 0.471 e. The van der Waals surface area contributed by atoms with Gasteiger partial charge in [-0.3, -0.25) is 5.32 Å². The summed E-state index contributed by atoms with van der Waals surface area (Å²) >= 11 is 7.12. The molecule has 1 aliphatic heterocycles. The molecule has 0 saturated carbocycles. The molecular weight excluding hydrogens is 478 g/mol. The lowest BCUT2D eigenvalue weighted by atomic mass is 9.91. The Morgan fingerprint density at radius 1 is 0.714 bits per heavy atom. The minimum absolute atomic E-state index is 0.0342. The quantitative estimate of drug-likeness (QED) is 0.320. The van der Waals surface area contributed by atoms with Crippen LogP contribution in [0.5, 0.6) is 5.75 Å². The number of fused-ring (bicyclic) bond motifs is 3. The van der Waals surface area contributed by atoms with Gasteiger partial charge < -0.3 is 4.74 Å². The zero-order chi connectivity index (χ0) is 19.1. The Kier molecular flexibility index (Phi) is 4.71. The van der Waals surface area contributed by atoms with E-state index < -0.39 is 0 Å². The molecule has 1 heterocycles. The fraction of sp³-hybridized carbons (Fsp3) is 0.0833. The molecule has 5 rings (SSSR count). The summed E-state index contributed by atoms with van der Waals surface area (Å²) < 4.78 is 8.53. The maximum Gasteiger partial charge on any atom is 0.177 e. The zero-order valence-electron chi connectivity index (χ0n) is 14.9. The second kappa shape index (κ2) is 7.36. The van der Waals surface area contributed by atoms with Gasteiger partial charge >= 0.3 is 0 Å². The highest BCUT2D eigenvalue weighted by molar-refractivity contribution is 9.10. The topological polar surface area (TPSA) is 21.3 Å². The molecule has 4 aromatic carbocycles. The van der Waals surface area contributed by atoms with Gasteiger partial charge in [-0.25, -0.2) is 0 Å². The summed E-state index contributed by atoms with van der Waals surface area (Å²) in [5.41, 5.74) is 3.49. The van der Waals surface area contributed by atoms with Crippen molar-refractivity contribution < 1.29 is 4.74 Å². The van der Waals surface area contributed by atoms with E-state index >= 15 is 0 Å². The van der Waals surface area contributed by atoms with Crippen LogP contribution in [0, 0.1) is 0 Å². The average molecular weight is 495 g/mol. The van der Waals surface area contributed by atoms with Crippen LogP contribution < -0.4 is 10.1 Å². The van der Waals surface area contributed by atoms with E-state index in [2.05, 4.69) is 110 Å². The van der Waals surface area contributed by atoms with Gasteiger partial charge in [0.05, 0.1) is 6.04 Å². The third-order valence-electron chi connectivity index (χ3n) is 5.14. The molecule has 2 atom stereocenters. The Labute approximate surface area is 180 Å². The number of halogens is 2. The molecule has 0 aliphatic carbocycles. The molecule has 1 N–H and O–H groups in total. The molecule has 1 aliphatic rings. The number of nitrogens with one attached hydrogen (secondary N) is 1. The first-order chi connectivity index (χ1) is 13.7. The summed E-state index contributed by atoms with van der Waals surface area (Å²) in [5.74, 6) is 0.926. The molecule has 0 radical (unpaired) electrons. The lowest BCUT2D eigenvalue weighted by Gasteiger charge is -2.35. The molecular formula is C24H17Br2NO. The summed E-state index contributed by atoms with van der Waals surface area (Å²) in [4.78, 5) is 0. The van der Waals surface area contributed by atoms with Gasteiger partial charge in [0.15, 0.2) is 6.23 Å². The first-order valence-electron chi connectivity index (χ1n) is 9.14. The van der Waals surface area contributed by atoms with Crippen LogP contribution in [-0.4, -0.2) is 0 Å². The average Bonchev–Trinajstić information content (AvgIpc) is 2.73. The standard InChI is InChI=1S/C24H17Br2NO/c25-18-11-8-16(9-12-18)23-22-20-7-2-1-4-15(20)10-13-21(22)28-24(27-23)17-5-3-6-19(26)14-17/h1-14,23-24,27H/t23-,24+/m0/s1. The minimum Gasteiger partial charge on any atom is -0.471 e. The van der Waals surface area contributed by atoms with Crippen LogP contribution in [0.4, 0.5) is 0 Å². The van der Waals surface area contributed by atoms with Crippen molar-refractivity contribution in [1.82, 2.24) is 5.32 Å². The summed E-state index contributed by atoms with van der Waals surface area (Å²) in [6.07, 6.45) is -0.222. The van der Waals surface area contributed by atoms with E-state index in [4.69, 9.17) is 4.74 Å². The van der Waals surface area contributed by atoms with Crippen LogP contribution in [0.25, 0.3) is 10.8 Å². The van der Waals surface area contributed by atoms with Crippen LogP contribution in [-0.2, 0) is 0 Å². The van der Waals surface area contributed by atoms with Crippen LogP contribution in [0.1, 0.15) is 29.0 Å². The predicted molar refractivity (Wildman–Crippen MR) is 121 cm³/mol. The van der Waals surface area contributed by atoms with Gasteiger partial charge in [0.25, 0.3) is 0 Å². The van der Waals surface area contributed by atoms with Gasteiger partial charge in [0.1, 0.15) is 5.75 Å². The van der Waals surface area contributed by atoms with Crippen molar-refractivity contribution in [2.24, 2.45) is 0 Å². The number of benzene rings is 4. The molecule has 0 aromatic heterocycles. The van der Waals surface area contributed by atoms with Crippen LogP contribution in [0.3, 0.4) is 0 Å². The second-order valence-electron chi connectivity index (χ2n) is 6.90. The van der Waals surface area contributed by atoms with Crippen molar-refractivity contribution in [3.8, 4) is 5.75 Å². The lowest BCUT2D eigenvalue weighted by Crippen LogP contribution is -2.35. The fourth-order valence-electron chi connectivity index (χ4n) is 3.82. The molecule has 2 nitrogen and oxygen atoms in total. The monoisotopic (exact) mass is 493 g/mol. The molecule has 0 amide bonds. The van der Waals surface area contributed by atoms with Crippen LogP contribution >= 0.6 is 31.9 Å². The SMILES string of the molecule is Brc1ccc([C@@H]2N[C@@H](c3cccc(Br)c3)Oc3ccc4ccccc4c32)cc1. The molecule has 4 heteroatoms. The Morgan fingerprint density at radius 2 is 1.54 bits per heavy atom. The smallest absolute Gasteiger partial charge is 0.177 e. The molecule has 4 aromatic rings. The van der Waals surface area contributed by atoms with Gasteiger partial charge in [-0.2, -0.15) is 0 Å². The van der Waals surface area contributed by atoms with Gasteiger partial charge in [0.2, 0.25) is 0 Å². The second-order valence-corrected chi connectivity index (χ2v) is 8.73. The van der Waals surface area contributed by atoms with Gasteiger partial charge in [-0.05, 0) is 46.7 Å². The highest BCUT2D eigenvalue weighted by Gasteiger charge is 2.31. The van der Waals surface area contributed by atoms with E-state index in [1.165, 1.54) is 21.9 Å². The Bertz CT molecular complexity index is 1160. The van der Waals surface area contributed by atoms with E-state index in [1.54, 1.807) is 0 Å². The third kappa shape index (κ3) is 3.26. The molecule has 0 spiro atoms. The van der Waals surface area contributed by atoms with Gasteiger partial charge in [-0.1, -0.05) is 86.5 Å². The maximum atomic E-state index is 6.42. The van der Waals surface area contributed by atoms with Crippen LogP contribution in [0.15, 0.2) is 93.9 Å². The fourth-order valence-corrected chi connectivity index (χ4v) is 4.51. The number of hydrogen-bond donors (Lipinski definition) is 1. The van der Waals surface area contributed by atoms with Gasteiger partial charge in [0, 0.05) is 20.1 Å². The summed E-state index contributed by atoms with van der Waals surface area (Å²) in [7, 11) is 0. The Balaban J connectivity index is 1.69. The van der Waals surface area contributed by atoms with E-state index in [1.807, 2.05) is 12.1 Å². The lowest BCUT2D eigenvalue weighted by molar-refractivity contribution is 0.133. The van der Waals surface area contributed by atoms with Crippen molar-refractivity contribution >= 4 is 42.6 Å². The van der Waals surface area contributed by atoms with Crippen molar-refractivity contribution in [2.45, 2.75) is 12.3 Å². The molecule has 0 unspecified atom stereocenters. The highest BCUT2D eigenvalue weighted by atomic mass is 79.9. The molecule has 0 fully saturated rings. The van der Waals surface area contributed by atoms with Crippen molar-refractivity contribution in [2.75, 3.05) is 0 Å². The van der Waals surface area contributed by atoms with Crippen LogP contribution in [0.2, 0.25) is 0 Å². The predicted octanol–water partition coefficient (Wildman–Crippen LogP) is 7.14.